The van der Waals surface area contributed by atoms with Crippen LogP contribution in [0.1, 0.15) is 51.0 Å². The molecule has 1 saturated carbocycles. The zero-order valence-electron chi connectivity index (χ0n) is 21.9. The topological polar surface area (TPSA) is 80.3 Å². The molecule has 0 unspecified atom stereocenters. The Balaban J connectivity index is 1.45. The highest BCUT2D eigenvalue weighted by molar-refractivity contribution is 6.33. The molecule has 2 aromatic heterocycles. The summed E-state index contributed by atoms with van der Waals surface area (Å²) in [5.74, 6) is 0.688. The largest absolute Gasteiger partial charge is 0.419 e. The van der Waals surface area contributed by atoms with Gasteiger partial charge in [-0.2, -0.15) is 13.2 Å². The summed E-state index contributed by atoms with van der Waals surface area (Å²) in [6, 6.07) is 5.22. The second-order valence-corrected chi connectivity index (χ2v) is 10.7. The fraction of sp³-hybridized carbons (Fsp3) is 0.630. The molecule has 1 aliphatic carbocycles. The highest BCUT2D eigenvalue weighted by Crippen LogP contribution is 2.37. The molecule has 1 saturated heterocycles. The highest BCUT2D eigenvalue weighted by atomic mass is 35.5. The van der Waals surface area contributed by atoms with Gasteiger partial charge in [-0.05, 0) is 69.6 Å². The number of anilines is 2. The standard InChI is InChI=1S/C27H37ClF3N5O2/c1-17(16-37-2)34-19-3-5-20(6-4-19)35-25-13-21(23(28)15-32-25)24-8-7-22(27(29,30)31)26(36-24)33-14-18-9-11-38-12-10-18/h7-8,13,15,17-20,34H,3-6,9-12,14,16H2,1-2H3,(H,32,35)(H,33,36)/t17-,19?,20?/m1/s1. The van der Waals surface area contributed by atoms with Crippen LogP contribution in [0.25, 0.3) is 11.3 Å². The van der Waals surface area contributed by atoms with Crippen LogP contribution < -0.4 is 16.0 Å². The molecule has 4 rings (SSSR count). The summed E-state index contributed by atoms with van der Waals surface area (Å²) in [6.07, 6.45) is 2.66. The van der Waals surface area contributed by atoms with E-state index < -0.39 is 11.7 Å². The molecule has 0 amide bonds. The van der Waals surface area contributed by atoms with Gasteiger partial charge in [-0.1, -0.05) is 11.6 Å². The number of nitrogens with zero attached hydrogens (tertiary/aromatic N) is 2. The van der Waals surface area contributed by atoms with Gasteiger partial charge in [0.15, 0.2) is 0 Å². The summed E-state index contributed by atoms with van der Waals surface area (Å²) in [4.78, 5) is 8.79. The number of methoxy groups -OCH3 is 1. The van der Waals surface area contributed by atoms with Gasteiger partial charge in [0, 0.05) is 56.8 Å². The maximum atomic E-state index is 13.7. The second kappa shape index (κ2) is 13.3. The third-order valence-electron chi connectivity index (χ3n) is 7.25. The van der Waals surface area contributed by atoms with Crippen molar-refractivity contribution in [2.75, 3.05) is 44.1 Å². The van der Waals surface area contributed by atoms with Crippen LogP contribution in [-0.2, 0) is 15.7 Å². The van der Waals surface area contributed by atoms with Crippen molar-refractivity contribution in [2.24, 2.45) is 5.92 Å². The van der Waals surface area contributed by atoms with E-state index in [1.165, 1.54) is 12.3 Å². The predicted octanol–water partition coefficient (Wildman–Crippen LogP) is 6.00. The Kier molecular flexibility index (Phi) is 10.1. The van der Waals surface area contributed by atoms with Gasteiger partial charge in [0.2, 0.25) is 0 Å². The van der Waals surface area contributed by atoms with Crippen LogP contribution in [0.15, 0.2) is 24.4 Å². The van der Waals surface area contributed by atoms with E-state index in [1.807, 2.05) is 0 Å². The van der Waals surface area contributed by atoms with E-state index in [4.69, 9.17) is 21.1 Å². The van der Waals surface area contributed by atoms with Crippen molar-refractivity contribution < 1.29 is 22.6 Å². The minimum atomic E-state index is -4.52. The fourth-order valence-corrected chi connectivity index (χ4v) is 5.39. The lowest BCUT2D eigenvalue weighted by atomic mass is 9.90. The number of hydrogen-bond donors (Lipinski definition) is 3. The Bertz CT molecular complexity index is 1040. The third-order valence-corrected chi connectivity index (χ3v) is 7.55. The van der Waals surface area contributed by atoms with Crippen molar-refractivity contribution in [3.05, 3.63) is 35.0 Å². The van der Waals surface area contributed by atoms with Crippen molar-refractivity contribution in [2.45, 2.75) is 69.8 Å². The molecule has 210 valence electrons. The van der Waals surface area contributed by atoms with Crippen molar-refractivity contribution in [1.82, 2.24) is 15.3 Å². The van der Waals surface area contributed by atoms with E-state index in [9.17, 15) is 13.2 Å². The van der Waals surface area contributed by atoms with Crippen LogP contribution in [-0.4, -0.2) is 61.6 Å². The molecule has 2 aliphatic rings. The van der Waals surface area contributed by atoms with Crippen molar-refractivity contribution >= 4 is 23.2 Å². The Morgan fingerprint density at radius 2 is 1.82 bits per heavy atom. The van der Waals surface area contributed by atoms with Gasteiger partial charge < -0.3 is 25.4 Å². The Labute approximate surface area is 227 Å². The minimum absolute atomic E-state index is 0.183. The average Bonchev–Trinajstić information content (AvgIpc) is 2.90. The molecule has 0 aromatic carbocycles. The van der Waals surface area contributed by atoms with Crippen LogP contribution in [0.4, 0.5) is 24.8 Å². The lowest BCUT2D eigenvalue weighted by Crippen LogP contribution is -2.42. The number of ether oxygens (including phenoxy) is 2. The van der Waals surface area contributed by atoms with Crippen molar-refractivity contribution in [3.63, 3.8) is 0 Å². The summed E-state index contributed by atoms with van der Waals surface area (Å²) in [6.45, 7) is 4.45. The zero-order valence-corrected chi connectivity index (χ0v) is 22.7. The van der Waals surface area contributed by atoms with Gasteiger partial charge in [-0.3, -0.25) is 0 Å². The number of halogens is 4. The second-order valence-electron chi connectivity index (χ2n) is 10.3. The van der Waals surface area contributed by atoms with E-state index in [2.05, 4.69) is 32.8 Å². The van der Waals surface area contributed by atoms with E-state index in [0.29, 0.717) is 60.5 Å². The number of nitrogens with one attached hydrogen (secondary N) is 3. The van der Waals surface area contributed by atoms with E-state index in [-0.39, 0.29) is 17.8 Å². The summed E-state index contributed by atoms with van der Waals surface area (Å²) in [5, 5.41) is 10.4. The molecule has 1 atom stereocenters. The first-order valence-corrected chi connectivity index (χ1v) is 13.7. The molecular formula is C27H37ClF3N5O2. The molecule has 1 aliphatic heterocycles. The van der Waals surface area contributed by atoms with Gasteiger partial charge in [0.25, 0.3) is 0 Å². The fourth-order valence-electron chi connectivity index (χ4n) is 5.19. The molecule has 2 aromatic rings. The maximum absolute atomic E-state index is 13.7. The molecule has 38 heavy (non-hydrogen) atoms. The Morgan fingerprint density at radius 3 is 2.50 bits per heavy atom. The molecule has 7 nitrogen and oxygen atoms in total. The van der Waals surface area contributed by atoms with Gasteiger partial charge in [0.05, 0.1) is 22.9 Å². The smallest absolute Gasteiger partial charge is 0.383 e. The van der Waals surface area contributed by atoms with Crippen LogP contribution in [0.5, 0.6) is 0 Å². The summed E-state index contributed by atoms with van der Waals surface area (Å²) in [5.41, 5.74) is 0.112. The van der Waals surface area contributed by atoms with Crippen molar-refractivity contribution in [3.8, 4) is 11.3 Å². The minimum Gasteiger partial charge on any atom is -0.383 e. The van der Waals surface area contributed by atoms with Crippen LogP contribution >= 0.6 is 11.6 Å². The Hall–Kier alpha value is -2.14. The molecule has 0 spiro atoms. The summed E-state index contributed by atoms with van der Waals surface area (Å²) in [7, 11) is 1.71. The van der Waals surface area contributed by atoms with Gasteiger partial charge in [-0.25, -0.2) is 9.97 Å². The van der Waals surface area contributed by atoms with Crippen LogP contribution in [0.2, 0.25) is 5.02 Å². The first-order valence-electron chi connectivity index (χ1n) is 13.3. The SMILES string of the molecule is COC[C@@H](C)NC1CCC(Nc2cc(-c3ccc(C(F)(F)F)c(NCC4CCOCC4)n3)c(Cl)cn2)CC1. The number of aromatic nitrogens is 2. The first kappa shape index (κ1) is 28.9. The van der Waals surface area contributed by atoms with Gasteiger partial charge in [0.1, 0.15) is 11.6 Å². The lowest BCUT2D eigenvalue weighted by molar-refractivity contribution is -0.137. The molecular weight excluding hydrogens is 519 g/mol. The van der Waals surface area contributed by atoms with E-state index in [0.717, 1.165) is 44.6 Å². The van der Waals surface area contributed by atoms with Crippen LogP contribution in [0.3, 0.4) is 0 Å². The number of hydrogen-bond acceptors (Lipinski definition) is 7. The zero-order chi connectivity index (χ0) is 27.1. The third kappa shape index (κ3) is 7.94. The van der Waals surface area contributed by atoms with Gasteiger partial charge in [-0.15, -0.1) is 0 Å². The molecule has 11 heteroatoms. The molecule has 0 radical (unpaired) electrons. The monoisotopic (exact) mass is 555 g/mol. The van der Waals surface area contributed by atoms with Crippen molar-refractivity contribution in [1.29, 1.82) is 0 Å². The highest BCUT2D eigenvalue weighted by Gasteiger charge is 2.35. The van der Waals surface area contributed by atoms with Crippen LogP contribution in [0, 0.1) is 5.92 Å². The lowest BCUT2D eigenvalue weighted by Gasteiger charge is -2.32. The molecule has 3 heterocycles. The van der Waals surface area contributed by atoms with Gasteiger partial charge >= 0.3 is 6.18 Å². The maximum Gasteiger partial charge on any atom is 0.419 e. The molecule has 0 bridgehead atoms. The normalized spacial score (nSPS) is 21.7. The summed E-state index contributed by atoms with van der Waals surface area (Å²) >= 11 is 6.44. The number of pyridine rings is 2. The number of rotatable bonds is 10. The predicted molar refractivity (Wildman–Crippen MR) is 144 cm³/mol. The first-order chi connectivity index (χ1) is 18.2. The molecule has 3 N–H and O–H groups in total. The molecule has 2 fully saturated rings. The van der Waals surface area contributed by atoms with E-state index in [1.54, 1.807) is 13.2 Å². The quantitative estimate of drug-likeness (QED) is 0.332. The number of alkyl halides is 3. The summed E-state index contributed by atoms with van der Waals surface area (Å²) < 4.78 is 51.8. The van der Waals surface area contributed by atoms with E-state index >= 15 is 0 Å². The Morgan fingerprint density at radius 1 is 1.11 bits per heavy atom. The average molecular weight is 556 g/mol.